The summed E-state index contributed by atoms with van der Waals surface area (Å²) in [5.41, 5.74) is 0.826. The summed E-state index contributed by atoms with van der Waals surface area (Å²) in [7, 11) is 0. The van der Waals surface area contributed by atoms with E-state index in [0.717, 1.165) is 10.6 Å². The maximum absolute atomic E-state index is 12.3. The largest absolute Gasteiger partial charge is 0.324 e. The van der Waals surface area contributed by atoms with Crippen LogP contribution in [0.1, 0.15) is 0 Å². The number of rotatable bonds is 4. The van der Waals surface area contributed by atoms with Gasteiger partial charge < -0.3 is 5.32 Å². The molecule has 1 aromatic carbocycles. The minimum absolute atomic E-state index is 0.0978. The Kier molecular flexibility index (Phi) is 4.38. The Morgan fingerprint density at radius 1 is 1.22 bits per heavy atom. The Labute approximate surface area is 136 Å². The van der Waals surface area contributed by atoms with Crippen LogP contribution in [0.15, 0.2) is 58.6 Å². The lowest BCUT2D eigenvalue weighted by molar-refractivity contribution is -0.116. The van der Waals surface area contributed by atoms with Gasteiger partial charge in [-0.05, 0) is 30.5 Å². The SMILES string of the molecule is CSc1ccccc1NC(=O)Cn1cnc2ncccc2c1=O. The number of pyridine rings is 1. The van der Waals surface area contributed by atoms with E-state index in [1.54, 1.807) is 30.1 Å². The van der Waals surface area contributed by atoms with E-state index in [9.17, 15) is 9.59 Å². The Bertz CT molecular complexity index is 923. The number of nitrogens with zero attached hydrogens (tertiary/aromatic N) is 3. The van der Waals surface area contributed by atoms with Crippen LogP contribution in [-0.4, -0.2) is 26.7 Å². The number of hydrogen-bond acceptors (Lipinski definition) is 5. The minimum atomic E-state index is -0.281. The van der Waals surface area contributed by atoms with Gasteiger partial charge in [-0.3, -0.25) is 14.2 Å². The molecule has 0 saturated heterocycles. The van der Waals surface area contributed by atoms with Gasteiger partial charge in [0.25, 0.3) is 5.56 Å². The number of nitrogens with one attached hydrogen (secondary N) is 1. The Morgan fingerprint density at radius 3 is 2.87 bits per heavy atom. The zero-order valence-corrected chi connectivity index (χ0v) is 13.2. The van der Waals surface area contributed by atoms with E-state index in [4.69, 9.17) is 0 Å². The van der Waals surface area contributed by atoms with Gasteiger partial charge >= 0.3 is 0 Å². The molecule has 3 aromatic rings. The van der Waals surface area contributed by atoms with E-state index >= 15 is 0 Å². The molecule has 0 spiro atoms. The van der Waals surface area contributed by atoms with Crippen LogP contribution in [0.3, 0.4) is 0 Å². The standard InChI is InChI=1S/C16H14N4O2S/c1-23-13-7-3-2-6-12(13)19-14(21)9-20-10-18-15-11(16(20)22)5-4-8-17-15/h2-8,10H,9H2,1H3,(H,19,21). The van der Waals surface area contributed by atoms with Gasteiger partial charge in [0.2, 0.25) is 5.91 Å². The summed E-state index contributed by atoms with van der Waals surface area (Å²) in [6.07, 6.45) is 4.86. The molecule has 2 heterocycles. The van der Waals surface area contributed by atoms with Crippen molar-refractivity contribution in [2.45, 2.75) is 11.4 Å². The summed E-state index contributed by atoms with van der Waals surface area (Å²) >= 11 is 1.54. The lowest BCUT2D eigenvalue weighted by Crippen LogP contribution is -2.28. The zero-order valence-electron chi connectivity index (χ0n) is 12.4. The van der Waals surface area contributed by atoms with Crippen LogP contribution >= 0.6 is 11.8 Å². The third-order valence-corrected chi connectivity index (χ3v) is 4.09. The highest BCUT2D eigenvalue weighted by Crippen LogP contribution is 2.24. The van der Waals surface area contributed by atoms with Crippen molar-refractivity contribution in [3.63, 3.8) is 0 Å². The summed E-state index contributed by atoms with van der Waals surface area (Å²) < 4.78 is 1.28. The molecule has 0 aliphatic heterocycles. The minimum Gasteiger partial charge on any atom is -0.324 e. The van der Waals surface area contributed by atoms with Gasteiger partial charge in [0.15, 0.2) is 5.65 Å². The smallest absolute Gasteiger partial charge is 0.263 e. The maximum atomic E-state index is 12.3. The zero-order chi connectivity index (χ0) is 16.2. The highest BCUT2D eigenvalue weighted by molar-refractivity contribution is 7.98. The first-order chi connectivity index (χ1) is 11.2. The lowest BCUT2D eigenvalue weighted by Gasteiger charge is -2.10. The number of benzene rings is 1. The molecule has 116 valence electrons. The molecule has 1 amide bonds. The van der Waals surface area contributed by atoms with Crippen molar-refractivity contribution in [3.05, 3.63) is 59.3 Å². The molecule has 7 heteroatoms. The number of thioether (sulfide) groups is 1. The molecule has 0 aliphatic rings. The van der Waals surface area contributed by atoms with Crippen LogP contribution < -0.4 is 10.9 Å². The number of amides is 1. The predicted octanol–water partition coefficient (Wildman–Crippen LogP) is 2.15. The topological polar surface area (TPSA) is 76.9 Å². The van der Waals surface area contributed by atoms with Crippen LogP contribution in [-0.2, 0) is 11.3 Å². The first kappa shape index (κ1) is 15.2. The third kappa shape index (κ3) is 3.24. The molecule has 6 nitrogen and oxygen atoms in total. The van der Waals surface area contributed by atoms with Crippen LogP contribution in [0.2, 0.25) is 0 Å². The average Bonchev–Trinajstić information content (AvgIpc) is 2.58. The quantitative estimate of drug-likeness (QED) is 0.743. The molecule has 23 heavy (non-hydrogen) atoms. The normalized spacial score (nSPS) is 10.7. The van der Waals surface area contributed by atoms with Crippen molar-refractivity contribution in [2.75, 3.05) is 11.6 Å². The Hall–Kier alpha value is -2.67. The fourth-order valence-electron chi connectivity index (χ4n) is 2.20. The van der Waals surface area contributed by atoms with E-state index in [2.05, 4.69) is 15.3 Å². The molecule has 0 atom stereocenters. The van der Waals surface area contributed by atoms with Crippen LogP contribution in [0.4, 0.5) is 5.69 Å². The number of anilines is 1. The third-order valence-electron chi connectivity index (χ3n) is 3.29. The summed E-state index contributed by atoms with van der Waals surface area (Å²) in [6.45, 7) is -0.0978. The second kappa shape index (κ2) is 6.62. The first-order valence-electron chi connectivity index (χ1n) is 6.92. The second-order valence-corrected chi connectivity index (χ2v) is 5.65. The van der Waals surface area contributed by atoms with Crippen molar-refractivity contribution in [1.82, 2.24) is 14.5 Å². The van der Waals surface area contributed by atoms with E-state index < -0.39 is 0 Å². The van der Waals surface area contributed by atoms with Gasteiger partial charge in [0.05, 0.1) is 11.1 Å². The van der Waals surface area contributed by atoms with E-state index in [1.807, 2.05) is 30.5 Å². The summed E-state index contributed by atoms with van der Waals surface area (Å²) in [5.74, 6) is -0.279. The van der Waals surface area contributed by atoms with Crippen molar-refractivity contribution >= 4 is 34.4 Å². The molecule has 3 rings (SSSR count). The van der Waals surface area contributed by atoms with Crippen molar-refractivity contribution < 1.29 is 4.79 Å². The highest BCUT2D eigenvalue weighted by Gasteiger charge is 2.10. The summed E-state index contributed by atoms with van der Waals surface area (Å²) in [6, 6.07) is 10.8. The molecule has 0 fully saturated rings. The molecule has 0 aliphatic carbocycles. The second-order valence-electron chi connectivity index (χ2n) is 4.80. The van der Waals surface area contributed by atoms with Crippen molar-refractivity contribution in [3.8, 4) is 0 Å². The molecular weight excluding hydrogens is 312 g/mol. The highest BCUT2D eigenvalue weighted by atomic mass is 32.2. The van der Waals surface area contributed by atoms with E-state index in [0.29, 0.717) is 11.0 Å². The van der Waals surface area contributed by atoms with Gasteiger partial charge in [-0.2, -0.15) is 0 Å². The molecule has 0 unspecified atom stereocenters. The Morgan fingerprint density at radius 2 is 2.04 bits per heavy atom. The molecule has 0 saturated carbocycles. The summed E-state index contributed by atoms with van der Waals surface area (Å²) in [4.78, 5) is 33.6. The van der Waals surface area contributed by atoms with Gasteiger partial charge in [-0.25, -0.2) is 9.97 Å². The average molecular weight is 326 g/mol. The fraction of sp³-hybridized carbons (Fsp3) is 0.125. The van der Waals surface area contributed by atoms with Crippen molar-refractivity contribution in [1.29, 1.82) is 0 Å². The lowest BCUT2D eigenvalue weighted by atomic mass is 10.3. The monoisotopic (exact) mass is 326 g/mol. The van der Waals surface area contributed by atoms with E-state index in [1.165, 1.54) is 10.9 Å². The number of carbonyl (C=O) groups excluding carboxylic acids is 1. The van der Waals surface area contributed by atoms with E-state index in [-0.39, 0.29) is 18.0 Å². The molecular formula is C16H14N4O2S. The van der Waals surface area contributed by atoms with Crippen LogP contribution in [0.5, 0.6) is 0 Å². The number of para-hydroxylation sites is 1. The van der Waals surface area contributed by atoms with Gasteiger partial charge in [0.1, 0.15) is 12.9 Å². The first-order valence-corrected chi connectivity index (χ1v) is 8.14. The number of aromatic nitrogens is 3. The maximum Gasteiger partial charge on any atom is 0.263 e. The number of fused-ring (bicyclic) bond motifs is 1. The fourth-order valence-corrected chi connectivity index (χ4v) is 2.76. The van der Waals surface area contributed by atoms with Crippen LogP contribution in [0.25, 0.3) is 11.0 Å². The molecule has 2 aromatic heterocycles. The predicted molar refractivity (Wildman–Crippen MR) is 90.7 cm³/mol. The number of hydrogen-bond donors (Lipinski definition) is 1. The molecule has 1 N–H and O–H groups in total. The number of carbonyl (C=O) groups is 1. The molecule has 0 radical (unpaired) electrons. The van der Waals surface area contributed by atoms with Gasteiger partial charge in [-0.15, -0.1) is 11.8 Å². The summed E-state index contributed by atoms with van der Waals surface area (Å²) in [5, 5.41) is 3.22. The van der Waals surface area contributed by atoms with Crippen molar-refractivity contribution in [2.24, 2.45) is 0 Å². The van der Waals surface area contributed by atoms with Gasteiger partial charge in [-0.1, -0.05) is 12.1 Å². The molecule has 0 bridgehead atoms. The Balaban J connectivity index is 1.83. The van der Waals surface area contributed by atoms with Gasteiger partial charge in [0, 0.05) is 11.1 Å². The van der Waals surface area contributed by atoms with Crippen LogP contribution in [0, 0.1) is 0 Å².